The van der Waals surface area contributed by atoms with E-state index < -0.39 is 41.7 Å². The van der Waals surface area contributed by atoms with Gasteiger partial charge in [0.2, 0.25) is 0 Å². The number of allylic oxidation sites excluding steroid dienone is 1. The normalized spacial score (nSPS) is 20.5. The zero-order valence-corrected chi connectivity index (χ0v) is 25.1. The van der Waals surface area contributed by atoms with Gasteiger partial charge in [-0.1, -0.05) is 19.9 Å². The summed E-state index contributed by atoms with van der Waals surface area (Å²) in [4.78, 5) is 26.2. The van der Waals surface area contributed by atoms with Crippen LogP contribution in [-0.2, 0) is 33.0 Å². The second kappa shape index (κ2) is 12.4. The van der Waals surface area contributed by atoms with E-state index in [4.69, 9.17) is 14.2 Å². The van der Waals surface area contributed by atoms with Gasteiger partial charge in [-0.2, -0.15) is 26.3 Å². The van der Waals surface area contributed by atoms with Gasteiger partial charge in [0.15, 0.2) is 0 Å². The van der Waals surface area contributed by atoms with Gasteiger partial charge in [0, 0.05) is 18.5 Å². The van der Waals surface area contributed by atoms with Gasteiger partial charge in [-0.25, -0.2) is 4.79 Å². The standard InChI is InChI=1S/C32H35F6NO5/c1-18-28(20-13-22(31(33,34)35)15-23(14-20)32(36,37)38)44-29(41)39(18)17-21-16-30(2,3)11-10-24(21)25-12-19(6-8-26(25)42-4)7-9-27(40)43-5/h6,8,12-15,18,28H,7,9-11,16-17H2,1-5H3/t18-,28-/m0/s1. The molecule has 4 rings (SSSR count). The number of rotatable bonds is 8. The number of methoxy groups -OCH3 is 2. The minimum absolute atomic E-state index is 0.0522. The molecule has 1 aliphatic carbocycles. The Hall–Kier alpha value is -3.70. The van der Waals surface area contributed by atoms with Crippen LogP contribution in [-0.4, -0.2) is 43.8 Å². The highest BCUT2D eigenvalue weighted by Gasteiger charge is 2.44. The first-order valence-electron chi connectivity index (χ1n) is 14.1. The summed E-state index contributed by atoms with van der Waals surface area (Å²) in [5, 5.41) is 0. The number of amides is 1. The van der Waals surface area contributed by atoms with Crippen LogP contribution in [0.1, 0.15) is 80.4 Å². The number of carbonyl (C=O) groups excluding carboxylic acids is 2. The highest BCUT2D eigenvalue weighted by Crippen LogP contribution is 2.46. The summed E-state index contributed by atoms with van der Waals surface area (Å²) in [6.07, 6.45) is -9.56. The molecule has 0 aromatic heterocycles. The summed E-state index contributed by atoms with van der Waals surface area (Å²) >= 11 is 0. The molecular formula is C32H35F6NO5. The first kappa shape index (κ1) is 33.2. The van der Waals surface area contributed by atoms with Crippen LogP contribution in [0.3, 0.4) is 0 Å². The van der Waals surface area contributed by atoms with Crippen molar-refractivity contribution in [2.45, 2.75) is 77.4 Å². The van der Waals surface area contributed by atoms with Crippen LogP contribution in [0.25, 0.3) is 5.57 Å². The minimum atomic E-state index is -5.03. The van der Waals surface area contributed by atoms with Crippen molar-refractivity contribution in [2.75, 3.05) is 20.8 Å². The van der Waals surface area contributed by atoms with Crippen LogP contribution < -0.4 is 4.74 Å². The van der Waals surface area contributed by atoms with Crippen LogP contribution in [0.2, 0.25) is 0 Å². The van der Waals surface area contributed by atoms with E-state index in [-0.39, 0.29) is 36.0 Å². The lowest BCUT2D eigenvalue weighted by Gasteiger charge is -2.36. The predicted octanol–water partition coefficient (Wildman–Crippen LogP) is 8.38. The smallest absolute Gasteiger partial charge is 0.416 e. The van der Waals surface area contributed by atoms with Gasteiger partial charge in [0.1, 0.15) is 11.9 Å². The Morgan fingerprint density at radius 3 is 2.23 bits per heavy atom. The van der Waals surface area contributed by atoms with Crippen LogP contribution in [0.15, 0.2) is 42.0 Å². The van der Waals surface area contributed by atoms with Crippen molar-refractivity contribution in [1.82, 2.24) is 4.90 Å². The molecule has 0 saturated carbocycles. The topological polar surface area (TPSA) is 65.1 Å². The molecule has 1 amide bonds. The van der Waals surface area contributed by atoms with Crippen LogP contribution >= 0.6 is 0 Å². The van der Waals surface area contributed by atoms with E-state index in [9.17, 15) is 35.9 Å². The highest BCUT2D eigenvalue weighted by molar-refractivity contribution is 5.77. The van der Waals surface area contributed by atoms with Gasteiger partial charge in [-0.15, -0.1) is 0 Å². The van der Waals surface area contributed by atoms with Crippen molar-refractivity contribution < 1.29 is 50.1 Å². The Labute approximate surface area is 252 Å². The third kappa shape index (κ3) is 7.32. The molecule has 1 saturated heterocycles. The van der Waals surface area contributed by atoms with Crippen molar-refractivity contribution in [1.29, 1.82) is 0 Å². The number of benzene rings is 2. The first-order valence-corrected chi connectivity index (χ1v) is 14.1. The molecule has 2 aromatic rings. The lowest BCUT2D eigenvalue weighted by molar-refractivity contribution is -0.143. The molecule has 2 aliphatic rings. The molecule has 0 spiro atoms. The summed E-state index contributed by atoms with van der Waals surface area (Å²) in [5.41, 5.74) is 0.0330. The van der Waals surface area contributed by atoms with Crippen LogP contribution in [0.5, 0.6) is 5.75 Å². The van der Waals surface area contributed by atoms with Gasteiger partial charge in [0.25, 0.3) is 0 Å². The Bertz CT molecular complexity index is 1410. The lowest BCUT2D eigenvalue weighted by atomic mass is 9.72. The van der Waals surface area contributed by atoms with Crippen molar-refractivity contribution in [2.24, 2.45) is 5.41 Å². The Morgan fingerprint density at radius 1 is 1.02 bits per heavy atom. The molecular weight excluding hydrogens is 592 g/mol. The Balaban J connectivity index is 1.72. The third-order valence-electron chi connectivity index (χ3n) is 8.30. The van der Waals surface area contributed by atoms with Crippen LogP contribution in [0.4, 0.5) is 31.1 Å². The average molecular weight is 628 g/mol. The van der Waals surface area contributed by atoms with Gasteiger partial charge in [-0.3, -0.25) is 9.69 Å². The molecule has 44 heavy (non-hydrogen) atoms. The van der Waals surface area contributed by atoms with E-state index >= 15 is 0 Å². The van der Waals surface area contributed by atoms with Gasteiger partial charge in [-0.05, 0) is 90.6 Å². The number of nitrogens with zero attached hydrogens (tertiary/aromatic N) is 1. The summed E-state index contributed by atoms with van der Waals surface area (Å²) in [5.74, 6) is 0.249. The molecule has 1 aliphatic heterocycles. The number of aryl methyl sites for hydroxylation is 1. The quantitative estimate of drug-likeness (QED) is 0.217. The van der Waals surface area contributed by atoms with E-state index in [1.165, 1.54) is 19.1 Å². The fourth-order valence-electron chi connectivity index (χ4n) is 5.89. The number of hydrogen-bond donors (Lipinski definition) is 0. The lowest BCUT2D eigenvalue weighted by Crippen LogP contribution is -2.35. The molecule has 1 heterocycles. The zero-order valence-electron chi connectivity index (χ0n) is 25.1. The van der Waals surface area contributed by atoms with Gasteiger partial charge in [0.05, 0.1) is 31.4 Å². The predicted molar refractivity (Wildman–Crippen MR) is 150 cm³/mol. The molecule has 240 valence electrons. The van der Waals surface area contributed by atoms with E-state index in [2.05, 4.69) is 13.8 Å². The largest absolute Gasteiger partial charge is 0.496 e. The molecule has 0 radical (unpaired) electrons. The molecule has 12 heteroatoms. The van der Waals surface area contributed by atoms with E-state index in [1.54, 1.807) is 13.0 Å². The van der Waals surface area contributed by atoms with Crippen molar-refractivity contribution in [3.8, 4) is 5.75 Å². The zero-order chi connectivity index (χ0) is 32.6. The number of hydrogen-bond acceptors (Lipinski definition) is 5. The molecule has 0 unspecified atom stereocenters. The highest BCUT2D eigenvalue weighted by atomic mass is 19.4. The molecule has 2 atom stereocenters. The summed E-state index contributed by atoms with van der Waals surface area (Å²) in [6.45, 7) is 5.79. The number of cyclic esters (lactones) is 1. The van der Waals surface area contributed by atoms with Crippen LogP contribution in [0, 0.1) is 5.41 Å². The monoisotopic (exact) mass is 627 g/mol. The fraction of sp³-hybridized carbons (Fsp3) is 0.500. The van der Waals surface area contributed by atoms with Crippen molar-refractivity contribution >= 4 is 17.6 Å². The first-order chi connectivity index (χ1) is 20.4. The van der Waals surface area contributed by atoms with E-state index in [0.717, 1.165) is 28.7 Å². The molecule has 0 N–H and O–H groups in total. The Morgan fingerprint density at radius 2 is 1.66 bits per heavy atom. The molecule has 0 bridgehead atoms. The third-order valence-corrected chi connectivity index (χ3v) is 8.30. The number of halogens is 6. The van der Waals surface area contributed by atoms with Crippen molar-refractivity contribution in [3.63, 3.8) is 0 Å². The fourth-order valence-corrected chi connectivity index (χ4v) is 5.89. The number of alkyl halides is 6. The maximum Gasteiger partial charge on any atom is 0.416 e. The molecule has 6 nitrogen and oxygen atoms in total. The summed E-state index contributed by atoms with van der Waals surface area (Å²) < 4.78 is 97.0. The van der Waals surface area contributed by atoms with Gasteiger partial charge < -0.3 is 14.2 Å². The number of carbonyl (C=O) groups is 2. The minimum Gasteiger partial charge on any atom is -0.496 e. The summed E-state index contributed by atoms with van der Waals surface area (Å²) in [7, 11) is 2.86. The number of ether oxygens (including phenoxy) is 3. The van der Waals surface area contributed by atoms with E-state index in [0.29, 0.717) is 37.1 Å². The second-order valence-corrected chi connectivity index (χ2v) is 12.0. The molecule has 1 fully saturated rings. The summed E-state index contributed by atoms with van der Waals surface area (Å²) in [6, 6.07) is 5.99. The Kier molecular flexibility index (Phi) is 9.32. The maximum absolute atomic E-state index is 13.5. The van der Waals surface area contributed by atoms with Crippen molar-refractivity contribution in [3.05, 3.63) is 69.8 Å². The SMILES string of the molecule is COC(=O)CCc1ccc(OC)c(C2=C(CN3C(=O)O[C@H](c4cc(C(F)(F)F)cc(C(F)(F)F)c4)[C@@H]3C)CC(C)(C)CC2)c1. The number of esters is 1. The van der Waals surface area contributed by atoms with Gasteiger partial charge >= 0.3 is 24.4 Å². The second-order valence-electron chi connectivity index (χ2n) is 12.0. The maximum atomic E-state index is 13.5. The van der Waals surface area contributed by atoms with E-state index in [1.807, 2.05) is 12.1 Å². The molecule has 2 aromatic carbocycles. The average Bonchev–Trinajstić information content (AvgIpc) is 3.22.